The Bertz CT molecular complexity index is 250. The molecular formula is C9H13NO2S. The van der Waals surface area contributed by atoms with Gasteiger partial charge in [0.15, 0.2) is 6.29 Å². The summed E-state index contributed by atoms with van der Waals surface area (Å²) in [6.45, 7) is 1.27. The van der Waals surface area contributed by atoms with Crippen LogP contribution in [0.15, 0.2) is 17.5 Å². The number of thiophene rings is 1. The van der Waals surface area contributed by atoms with Crippen molar-refractivity contribution < 1.29 is 9.47 Å². The van der Waals surface area contributed by atoms with E-state index in [1.807, 2.05) is 6.07 Å². The van der Waals surface area contributed by atoms with Crippen LogP contribution in [0, 0.1) is 0 Å². The van der Waals surface area contributed by atoms with Crippen LogP contribution in [0.3, 0.4) is 0 Å². The van der Waals surface area contributed by atoms with Gasteiger partial charge in [0.05, 0.1) is 6.61 Å². The lowest BCUT2D eigenvalue weighted by Crippen LogP contribution is -2.14. The quantitative estimate of drug-likeness (QED) is 0.802. The van der Waals surface area contributed by atoms with Gasteiger partial charge in [-0.2, -0.15) is 0 Å². The van der Waals surface area contributed by atoms with Crippen molar-refractivity contribution in [3.8, 4) is 0 Å². The summed E-state index contributed by atoms with van der Waals surface area (Å²) in [5.74, 6) is 0. The third-order valence-corrected chi connectivity index (χ3v) is 2.98. The first-order valence-electron chi connectivity index (χ1n) is 4.40. The normalized spacial score (nSPS) is 28.1. The summed E-state index contributed by atoms with van der Waals surface area (Å²) in [5.41, 5.74) is 5.42. The molecule has 72 valence electrons. The first kappa shape index (κ1) is 9.15. The van der Waals surface area contributed by atoms with Gasteiger partial charge in [-0.15, -0.1) is 11.3 Å². The van der Waals surface area contributed by atoms with Gasteiger partial charge in [-0.25, -0.2) is 0 Å². The molecular weight excluding hydrogens is 186 g/mol. The summed E-state index contributed by atoms with van der Waals surface area (Å²) in [6.07, 6.45) is 0.802. The van der Waals surface area contributed by atoms with Gasteiger partial charge in [0.1, 0.15) is 6.10 Å². The highest BCUT2D eigenvalue weighted by atomic mass is 32.1. The van der Waals surface area contributed by atoms with Crippen molar-refractivity contribution in [2.24, 2.45) is 5.73 Å². The zero-order valence-corrected chi connectivity index (χ0v) is 8.13. The second kappa shape index (κ2) is 4.19. The van der Waals surface area contributed by atoms with E-state index in [-0.39, 0.29) is 12.4 Å². The monoisotopic (exact) mass is 199 g/mol. The fourth-order valence-electron chi connectivity index (χ4n) is 1.37. The molecule has 0 amide bonds. The van der Waals surface area contributed by atoms with E-state index >= 15 is 0 Å². The number of hydrogen-bond donors (Lipinski definition) is 1. The summed E-state index contributed by atoms with van der Waals surface area (Å²) in [7, 11) is 0. The Morgan fingerprint density at radius 1 is 1.62 bits per heavy atom. The van der Waals surface area contributed by atoms with Gasteiger partial charge in [-0.1, -0.05) is 6.07 Å². The van der Waals surface area contributed by atoms with Crippen LogP contribution in [-0.4, -0.2) is 19.4 Å². The Labute approximate surface area is 81.5 Å². The molecule has 1 saturated heterocycles. The Kier molecular flexibility index (Phi) is 2.95. The topological polar surface area (TPSA) is 44.5 Å². The van der Waals surface area contributed by atoms with Crippen LogP contribution in [0.2, 0.25) is 0 Å². The van der Waals surface area contributed by atoms with Gasteiger partial charge in [-0.05, 0) is 18.0 Å². The maximum atomic E-state index is 5.65. The SMILES string of the molecule is NCCC1OCC(c2cccs2)O1. The summed E-state index contributed by atoms with van der Waals surface area (Å²) in [4.78, 5) is 1.24. The van der Waals surface area contributed by atoms with E-state index in [0.29, 0.717) is 13.2 Å². The zero-order valence-electron chi connectivity index (χ0n) is 7.31. The average Bonchev–Trinajstić information content (AvgIpc) is 2.70. The van der Waals surface area contributed by atoms with E-state index in [9.17, 15) is 0 Å². The predicted molar refractivity (Wildman–Crippen MR) is 51.6 cm³/mol. The predicted octanol–water partition coefficient (Wildman–Crippen LogP) is 1.51. The summed E-state index contributed by atoms with van der Waals surface area (Å²) in [5, 5.41) is 2.05. The van der Waals surface area contributed by atoms with Crippen LogP contribution in [0.25, 0.3) is 0 Å². The smallest absolute Gasteiger partial charge is 0.159 e. The molecule has 1 fully saturated rings. The van der Waals surface area contributed by atoms with E-state index in [1.165, 1.54) is 4.88 Å². The lowest BCUT2D eigenvalue weighted by Gasteiger charge is -2.08. The standard InChI is InChI=1S/C9H13NO2S/c10-4-3-9-11-6-7(12-9)8-2-1-5-13-8/h1-2,5,7,9H,3-4,6,10H2. The molecule has 0 aliphatic carbocycles. The molecule has 4 heteroatoms. The molecule has 2 unspecified atom stereocenters. The van der Waals surface area contributed by atoms with Crippen molar-refractivity contribution in [2.45, 2.75) is 18.8 Å². The van der Waals surface area contributed by atoms with Crippen LogP contribution in [-0.2, 0) is 9.47 Å². The largest absolute Gasteiger partial charge is 0.349 e. The van der Waals surface area contributed by atoms with Gasteiger partial charge in [-0.3, -0.25) is 0 Å². The number of ether oxygens (including phenoxy) is 2. The number of hydrogen-bond acceptors (Lipinski definition) is 4. The minimum Gasteiger partial charge on any atom is -0.349 e. The van der Waals surface area contributed by atoms with Crippen molar-refractivity contribution in [3.63, 3.8) is 0 Å². The maximum absolute atomic E-state index is 5.65. The second-order valence-corrected chi connectivity index (χ2v) is 3.96. The van der Waals surface area contributed by atoms with Gasteiger partial charge in [0.25, 0.3) is 0 Å². The lowest BCUT2D eigenvalue weighted by molar-refractivity contribution is -0.0601. The molecule has 1 aliphatic rings. The third kappa shape index (κ3) is 2.08. The van der Waals surface area contributed by atoms with E-state index in [2.05, 4.69) is 11.4 Å². The van der Waals surface area contributed by atoms with Crippen LogP contribution < -0.4 is 5.73 Å². The van der Waals surface area contributed by atoms with Gasteiger partial charge in [0, 0.05) is 11.3 Å². The molecule has 0 spiro atoms. The van der Waals surface area contributed by atoms with Gasteiger partial charge in [0.2, 0.25) is 0 Å². The van der Waals surface area contributed by atoms with Crippen molar-refractivity contribution in [2.75, 3.05) is 13.2 Å². The van der Waals surface area contributed by atoms with Gasteiger partial charge >= 0.3 is 0 Å². The summed E-state index contributed by atoms with van der Waals surface area (Å²) in [6, 6.07) is 4.10. The van der Waals surface area contributed by atoms with E-state index < -0.39 is 0 Å². The van der Waals surface area contributed by atoms with Crippen molar-refractivity contribution >= 4 is 11.3 Å². The highest BCUT2D eigenvalue weighted by Crippen LogP contribution is 2.30. The Morgan fingerprint density at radius 2 is 2.54 bits per heavy atom. The molecule has 0 bridgehead atoms. The van der Waals surface area contributed by atoms with E-state index in [4.69, 9.17) is 15.2 Å². The van der Waals surface area contributed by atoms with Crippen molar-refractivity contribution in [1.29, 1.82) is 0 Å². The number of nitrogens with two attached hydrogens (primary N) is 1. The van der Waals surface area contributed by atoms with Crippen LogP contribution in [0.1, 0.15) is 17.4 Å². The number of rotatable bonds is 3. The minimum absolute atomic E-state index is 0.0999. The average molecular weight is 199 g/mol. The molecule has 1 aliphatic heterocycles. The van der Waals surface area contributed by atoms with Crippen LogP contribution in [0.5, 0.6) is 0 Å². The molecule has 2 rings (SSSR count). The third-order valence-electron chi connectivity index (χ3n) is 2.01. The molecule has 0 aromatic carbocycles. The van der Waals surface area contributed by atoms with Crippen LogP contribution in [0.4, 0.5) is 0 Å². The van der Waals surface area contributed by atoms with Crippen molar-refractivity contribution in [3.05, 3.63) is 22.4 Å². The minimum atomic E-state index is -0.0999. The molecule has 1 aromatic rings. The highest BCUT2D eigenvalue weighted by Gasteiger charge is 2.26. The van der Waals surface area contributed by atoms with E-state index in [0.717, 1.165) is 6.42 Å². The maximum Gasteiger partial charge on any atom is 0.159 e. The highest BCUT2D eigenvalue weighted by molar-refractivity contribution is 7.10. The first-order valence-corrected chi connectivity index (χ1v) is 5.28. The van der Waals surface area contributed by atoms with E-state index in [1.54, 1.807) is 11.3 Å². The molecule has 0 radical (unpaired) electrons. The summed E-state index contributed by atoms with van der Waals surface area (Å²) >= 11 is 1.70. The Balaban J connectivity index is 1.91. The first-order chi connectivity index (χ1) is 6.40. The molecule has 1 aromatic heterocycles. The van der Waals surface area contributed by atoms with Crippen LogP contribution >= 0.6 is 11.3 Å². The lowest BCUT2D eigenvalue weighted by atomic mass is 10.3. The zero-order chi connectivity index (χ0) is 9.10. The molecule has 13 heavy (non-hydrogen) atoms. The molecule has 2 atom stereocenters. The Morgan fingerprint density at radius 3 is 3.23 bits per heavy atom. The fourth-order valence-corrected chi connectivity index (χ4v) is 2.11. The van der Waals surface area contributed by atoms with Crippen molar-refractivity contribution in [1.82, 2.24) is 0 Å². The summed E-state index contributed by atoms with van der Waals surface area (Å²) < 4.78 is 11.1. The molecule has 2 N–H and O–H groups in total. The molecule has 3 nitrogen and oxygen atoms in total. The fraction of sp³-hybridized carbons (Fsp3) is 0.556. The van der Waals surface area contributed by atoms with Gasteiger partial charge < -0.3 is 15.2 Å². The Hall–Kier alpha value is -0.420. The molecule has 0 saturated carbocycles. The second-order valence-electron chi connectivity index (χ2n) is 2.98. The molecule has 2 heterocycles.